The second-order valence-corrected chi connectivity index (χ2v) is 8.61. The number of aromatic nitrogens is 3. The third-order valence-corrected chi connectivity index (χ3v) is 5.57. The van der Waals surface area contributed by atoms with Crippen LogP contribution in [0.25, 0.3) is 16.7 Å². The average Bonchev–Trinajstić information content (AvgIpc) is 3.16. The summed E-state index contributed by atoms with van der Waals surface area (Å²) in [6.07, 6.45) is 0. The number of ether oxygens (including phenoxy) is 1. The van der Waals surface area contributed by atoms with Crippen LogP contribution in [0.5, 0.6) is 5.75 Å². The van der Waals surface area contributed by atoms with Gasteiger partial charge in [-0.15, -0.1) is 10.2 Å². The van der Waals surface area contributed by atoms with E-state index in [1.54, 1.807) is 18.0 Å². The van der Waals surface area contributed by atoms with Crippen molar-refractivity contribution < 1.29 is 9.53 Å². The number of anilines is 1. The number of hydrogen-bond donors (Lipinski definition) is 1. The van der Waals surface area contributed by atoms with Crippen LogP contribution in [0.4, 0.5) is 5.69 Å². The van der Waals surface area contributed by atoms with Gasteiger partial charge in [-0.3, -0.25) is 4.79 Å². The molecule has 0 unspecified atom stereocenters. The van der Waals surface area contributed by atoms with Crippen molar-refractivity contribution in [2.45, 2.75) is 26.7 Å². The van der Waals surface area contributed by atoms with Gasteiger partial charge in [0.25, 0.3) is 5.91 Å². The Kier molecular flexibility index (Phi) is 5.78. The molecule has 1 heterocycles. The lowest BCUT2D eigenvalue weighted by molar-refractivity contribution is 0.102. The van der Waals surface area contributed by atoms with Gasteiger partial charge in [0.05, 0.1) is 18.4 Å². The van der Waals surface area contributed by atoms with Gasteiger partial charge in [-0.1, -0.05) is 41.9 Å². The van der Waals surface area contributed by atoms with Crippen LogP contribution in [0.2, 0.25) is 0 Å². The van der Waals surface area contributed by atoms with Gasteiger partial charge in [0, 0.05) is 10.2 Å². The van der Waals surface area contributed by atoms with E-state index in [0.717, 1.165) is 21.2 Å². The lowest BCUT2D eigenvalue weighted by Gasteiger charge is -2.12. The first-order chi connectivity index (χ1) is 14.9. The molecule has 7 heteroatoms. The summed E-state index contributed by atoms with van der Waals surface area (Å²) in [5.41, 5.74) is 5.58. The molecule has 4 rings (SSSR count). The molecule has 1 N–H and O–H groups in total. The Balaban J connectivity index is 1.61. The maximum absolute atomic E-state index is 12.9. The van der Waals surface area contributed by atoms with Crippen LogP contribution in [0, 0.1) is 6.92 Å². The normalized spacial score (nSPS) is 11.2. The molecule has 0 aliphatic heterocycles. The largest absolute Gasteiger partial charge is 0.496 e. The van der Waals surface area contributed by atoms with E-state index in [1.165, 1.54) is 5.56 Å². The number of methoxy groups -OCH3 is 1. The number of rotatable bonds is 5. The molecule has 0 radical (unpaired) electrons. The summed E-state index contributed by atoms with van der Waals surface area (Å²) < 4.78 is 6.25. The van der Waals surface area contributed by atoms with Crippen molar-refractivity contribution in [3.8, 4) is 11.4 Å². The molecule has 0 atom stereocenters. The number of nitrogens with one attached hydrogen (secondary N) is 1. The average molecular weight is 479 g/mol. The minimum Gasteiger partial charge on any atom is -0.496 e. The lowest BCUT2D eigenvalue weighted by Crippen LogP contribution is -2.13. The third-order valence-electron chi connectivity index (χ3n) is 5.12. The van der Waals surface area contributed by atoms with E-state index in [1.807, 2.05) is 43.3 Å². The van der Waals surface area contributed by atoms with Crippen LogP contribution in [-0.2, 0) is 0 Å². The number of carbonyl (C=O) groups is 1. The van der Waals surface area contributed by atoms with Crippen LogP contribution >= 0.6 is 15.9 Å². The summed E-state index contributed by atoms with van der Waals surface area (Å²) in [5, 5.41) is 12.1. The van der Waals surface area contributed by atoms with Crippen molar-refractivity contribution in [2.24, 2.45) is 0 Å². The number of fused-ring (bicyclic) bond motifs is 1. The molecule has 4 aromatic rings. The van der Waals surface area contributed by atoms with Crippen LogP contribution in [0.3, 0.4) is 0 Å². The summed E-state index contributed by atoms with van der Waals surface area (Å²) in [7, 11) is 1.56. The molecule has 0 aliphatic carbocycles. The standard InChI is InChI=1S/C24H23BrN4O2/c1-14(2)16-5-8-19(9-6-16)29-27-21-10-7-18(13-22(21)28-29)26-24(30)20-12-17(25)11-15(3)23(20)31-4/h5-14H,1-4H3,(H,26,30). The summed E-state index contributed by atoms with van der Waals surface area (Å²) in [6, 6.07) is 17.3. The number of aryl methyl sites for hydroxylation is 1. The monoisotopic (exact) mass is 478 g/mol. The van der Waals surface area contributed by atoms with E-state index in [-0.39, 0.29) is 5.91 Å². The van der Waals surface area contributed by atoms with Crippen LogP contribution < -0.4 is 10.1 Å². The predicted octanol–water partition coefficient (Wildman–Crippen LogP) is 5.88. The Hall–Kier alpha value is -3.19. The van der Waals surface area contributed by atoms with Crippen molar-refractivity contribution in [2.75, 3.05) is 12.4 Å². The van der Waals surface area contributed by atoms with E-state index >= 15 is 0 Å². The second kappa shape index (κ2) is 8.51. The summed E-state index contributed by atoms with van der Waals surface area (Å²) in [4.78, 5) is 14.5. The summed E-state index contributed by atoms with van der Waals surface area (Å²) in [5.74, 6) is 0.771. The number of benzene rings is 3. The van der Waals surface area contributed by atoms with Gasteiger partial charge in [0.2, 0.25) is 0 Å². The molecule has 0 saturated heterocycles. The molecule has 0 spiro atoms. The zero-order chi connectivity index (χ0) is 22.1. The van der Waals surface area contributed by atoms with E-state index in [9.17, 15) is 4.79 Å². The van der Waals surface area contributed by atoms with Crippen LogP contribution in [0.15, 0.2) is 59.1 Å². The molecule has 0 bridgehead atoms. The van der Waals surface area contributed by atoms with E-state index in [2.05, 4.69) is 57.4 Å². The highest BCUT2D eigenvalue weighted by atomic mass is 79.9. The molecule has 158 valence electrons. The topological polar surface area (TPSA) is 69.0 Å². The van der Waals surface area contributed by atoms with Gasteiger partial charge in [0.1, 0.15) is 16.8 Å². The Bertz CT molecular complexity index is 1260. The first-order valence-corrected chi connectivity index (χ1v) is 10.8. The fraction of sp³-hybridized carbons (Fsp3) is 0.208. The molecule has 0 saturated carbocycles. The highest BCUT2D eigenvalue weighted by Gasteiger charge is 2.16. The molecule has 3 aromatic carbocycles. The maximum atomic E-state index is 12.9. The number of halogens is 1. The van der Waals surface area contributed by atoms with Crippen molar-refractivity contribution in [1.82, 2.24) is 15.0 Å². The maximum Gasteiger partial charge on any atom is 0.259 e. The molecule has 6 nitrogen and oxygen atoms in total. The van der Waals surface area contributed by atoms with Gasteiger partial charge in [0.15, 0.2) is 0 Å². The zero-order valence-corrected chi connectivity index (χ0v) is 19.4. The SMILES string of the molecule is COc1c(C)cc(Br)cc1C(=O)Nc1ccc2nn(-c3ccc(C(C)C)cc3)nc2c1. The first-order valence-electron chi connectivity index (χ1n) is 9.98. The molecular formula is C24H23BrN4O2. The van der Waals surface area contributed by atoms with E-state index in [0.29, 0.717) is 28.4 Å². The van der Waals surface area contributed by atoms with E-state index < -0.39 is 0 Å². The minimum atomic E-state index is -0.253. The van der Waals surface area contributed by atoms with Crippen molar-refractivity contribution >= 4 is 38.6 Å². The molecule has 31 heavy (non-hydrogen) atoms. The fourth-order valence-corrected chi connectivity index (χ4v) is 4.04. The third kappa shape index (κ3) is 4.32. The molecule has 1 amide bonds. The van der Waals surface area contributed by atoms with Gasteiger partial charge in [-0.2, -0.15) is 4.80 Å². The zero-order valence-electron chi connectivity index (χ0n) is 17.8. The van der Waals surface area contributed by atoms with Crippen LogP contribution in [-0.4, -0.2) is 28.0 Å². The van der Waals surface area contributed by atoms with Crippen molar-refractivity contribution in [1.29, 1.82) is 0 Å². The number of hydrogen-bond acceptors (Lipinski definition) is 4. The van der Waals surface area contributed by atoms with Gasteiger partial charge in [-0.05, 0) is 66.4 Å². The minimum absolute atomic E-state index is 0.253. The fourth-order valence-electron chi connectivity index (χ4n) is 3.47. The summed E-state index contributed by atoms with van der Waals surface area (Å²) in [6.45, 7) is 6.23. The predicted molar refractivity (Wildman–Crippen MR) is 126 cm³/mol. The smallest absolute Gasteiger partial charge is 0.259 e. The van der Waals surface area contributed by atoms with Gasteiger partial charge in [-0.25, -0.2) is 0 Å². The quantitative estimate of drug-likeness (QED) is 0.389. The molecule has 1 aromatic heterocycles. The highest BCUT2D eigenvalue weighted by molar-refractivity contribution is 9.10. The molecule has 0 fully saturated rings. The Labute approximate surface area is 189 Å². The molecule has 0 aliphatic rings. The first kappa shape index (κ1) is 21.1. The highest BCUT2D eigenvalue weighted by Crippen LogP contribution is 2.29. The van der Waals surface area contributed by atoms with Crippen molar-refractivity contribution in [3.63, 3.8) is 0 Å². The van der Waals surface area contributed by atoms with Crippen LogP contribution in [0.1, 0.15) is 41.3 Å². The Morgan fingerprint density at radius 3 is 2.42 bits per heavy atom. The Morgan fingerprint density at radius 2 is 1.74 bits per heavy atom. The molecular weight excluding hydrogens is 456 g/mol. The number of carbonyl (C=O) groups excluding carboxylic acids is 1. The number of amides is 1. The lowest BCUT2D eigenvalue weighted by atomic mass is 10.0. The van der Waals surface area contributed by atoms with Gasteiger partial charge >= 0.3 is 0 Å². The van der Waals surface area contributed by atoms with Crippen molar-refractivity contribution in [3.05, 3.63) is 75.8 Å². The second-order valence-electron chi connectivity index (χ2n) is 7.70. The number of nitrogens with zero attached hydrogens (tertiary/aromatic N) is 3. The summed E-state index contributed by atoms with van der Waals surface area (Å²) >= 11 is 3.44. The van der Waals surface area contributed by atoms with Gasteiger partial charge < -0.3 is 10.1 Å². The van der Waals surface area contributed by atoms with E-state index in [4.69, 9.17) is 4.74 Å². The Morgan fingerprint density at radius 1 is 1.03 bits per heavy atom.